The normalized spacial score (nSPS) is 22.1. The van der Waals surface area contributed by atoms with Crippen LogP contribution in [-0.4, -0.2) is 5.78 Å². The molecule has 3 rings (SSSR count). The Morgan fingerprint density at radius 1 is 1.30 bits per heavy atom. The van der Waals surface area contributed by atoms with Gasteiger partial charge in [-0.1, -0.05) is 26.7 Å². The third kappa shape index (κ3) is 2.26. The first-order chi connectivity index (χ1) is 9.47. The van der Waals surface area contributed by atoms with Gasteiger partial charge in [0.25, 0.3) is 0 Å². The zero-order valence-electron chi connectivity index (χ0n) is 11.9. The van der Waals surface area contributed by atoms with E-state index >= 15 is 0 Å². The van der Waals surface area contributed by atoms with E-state index in [1.165, 1.54) is 18.6 Å². The summed E-state index contributed by atoms with van der Waals surface area (Å²) in [6, 6.07) is 6.01. The van der Waals surface area contributed by atoms with Crippen LogP contribution < -0.4 is 0 Å². The lowest BCUT2D eigenvalue weighted by Gasteiger charge is -2.37. The molecule has 1 unspecified atom stereocenters. The molecule has 0 aliphatic heterocycles. The number of ketones is 1. The van der Waals surface area contributed by atoms with Crippen molar-refractivity contribution in [1.82, 2.24) is 0 Å². The van der Waals surface area contributed by atoms with Gasteiger partial charge in [-0.15, -0.1) is 0 Å². The van der Waals surface area contributed by atoms with E-state index in [0.717, 1.165) is 19.3 Å². The third-order valence-electron chi connectivity index (χ3n) is 4.54. The van der Waals surface area contributed by atoms with Crippen molar-refractivity contribution in [2.75, 3.05) is 0 Å². The predicted octanol–water partition coefficient (Wildman–Crippen LogP) is 4.97. The molecule has 1 atom stereocenters. The van der Waals surface area contributed by atoms with Crippen LogP contribution in [0, 0.1) is 17.2 Å². The van der Waals surface area contributed by atoms with Gasteiger partial charge in [-0.2, -0.15) is 0 Å². The van der Waals surface area contributed by atoms with E-state index in [0.29, 0.717) is 16.7 Å². The number of carbonyl (C=O) groups excluding carboxylic acids is 1. The van der Waals surface area contributed by atoms with E-state index in [4.69, 9.17) is 4.42 Å². The Kier molecular flexibility index (Phi) is 3.15. The highest BCUT2D eigenvalue weighted by Crippen LogP contribution is 2.42. The lowest BCUT2D eigenvalue weighted by Crippen LogP contribution is -2.33. The van der Waals surface area contributed by atoms with Crippen molar-refractivity contribution in [2.45, 2.75) is 39.5 Å². The molecule has 1 fully saturated rings. The first-order valence-electron chi connectivity index (χ1n) is 7.21. The Balaban J connectivity index is 1.95. The minimum Gasteiger partial charge on any atom is -0.453 e. The summed E-state index contributed by atoms with van der Waals surface area (Å²) in [5.74, 6) is 0.119. The van der Waals surface area contributed by atoms with Crippen LogP contribution in [0.25, 0.3) is 11.0 Å². The van der Waals surface area contributed by atoms with Gasteiger partial charge >= 0.3 is 0 Å². The molecule has 2 aromatic rings. The molecule has 1 heterocycles. The van der Waals surface area contributed by atoms with Gasteiger partial charge in [0, 0.05) is 11.3 Å². The van der Waals surface area contributed by atoms with E-state index in [1.807, 2.05) is 0 Å². The number of rotatable bonds is 2. The second-order valence-electron chi connectivity index (χ2n) is 6.44. The highest BCUT2D eigenvalue weighted by Gasteiger charge is 2.38. The zero-order chi connectivity index (χ0) is 14.3. The fraction of sp³-hybridized carbons (Fsp3) is 0.471. The zero-order valence-corrected chi connectivity index (χ0v) is 11.9. The van der Waals surface area contributed by atoms with Gasteiger partial charge in [-0.25, -0.2) is 4.39 Å². The lowest BCUT2D eigenvalue weighted by atomic mass is 9.67. The highest BCUT2D eigenvalue weighted by molar-refractivity contribution is 5.99. The molecular formula is C17H19FO2. The summed E-state index contributed by atoms with van der Waals surface area (Å²) in [5, 5.41) is 0.655. The highest BCUT2D eigenvalue weighted by atomic mass is 19.1. The molecule has 0 bridgehead atoms. The Labute approximate surface area is 118 Å². The molecule has 20 heavy (non-hydrogen) atoms. The Hall–Kier alpha value is -1.64. The number of fused-ring (bicyclic) bond motifs is 1. The van der Waals surface area contributed by atoms with Gasteiger partial charge in [0.1, 0.15) is 11.4 Å². The van der Waals surface area contributed by atoms with Crippen molar-refractivity contribution in [3.05, 3.63) is 35.8 Å². The fourth-order valence-electron chi connectivity index (χ4n) is 3.29. The monoisotopic (exact) mass is 274 g/mol. The molecule has 0 radical (unpaired) electrons. The number of Topliss-reactive ketones (excluding diaryl/α,β-unsaturated/α-hetero) is 1. The van der Waals surface area contributed by atoms with E-state index in [1.54, 1.807) is 12.1 Å². The van der Waals surface area contributed by atoms with Crippen LogP contribution in [0.3, 0.4) is 0 Å². The smallest absolute Gasteiger partial charge is 0.201 e. The first-order valence-corrected chi connectivity index (χ1v) is 7.21. The molecule has 1 aliphatic carbocycles. The number of hydrogen-bond donors (Lipinski definition) is 0. The minimum atomic E-state index is -0.310. The van der Waals surface area contributed by atoms with Gasteiger partial charge in [0.05, 0.1) is 0 Å². The molecular weight excluding hydrogens is 255 g/mol. The van der Waals surface area contributed by atoms with Crippen LogP contribution in [0.15, 0.2) is 28.7 Å². The van der Waals surface area contributed by atoms with Gasteiger partial charge in [-0.3, -0.25) is 4.79 Å². The van der Waals surface area contributed by atoms with Gasteiger partial charge < -0.3 is 4.42 Å². The summed E-state index contributed by atoms with van der Waals surface area (Å²) in [7, 11) is 0. The largest absolute Gasteiger partial charge is 0.453 e. The summed E-state index contributed by atoms with van der Waals surface area (Å²) >= 11 is 0. The molecule has 1 aromatic heterocycles. The van der Waals surface area contributed by atoms with Crippen LogP contribution in [-0.2, 0) is 0 Å². The van der Waals surface area contributed by atoms with Gasteiger partial charge in [0.15, 0.2) is 5.76 Å². The topological polar surface area (TPSA) is 30.2 Å². The van der Waals surface area contributed by atoms with Crippen molar-refractivity contribution >= 4 is 16.8 Å². The average molecular weight is 274 g/mol. The Morgan fingerprint density at radius 2 is 2.10 bits per heavy atom. The Morgan fingerprint density at radius 3 is 2.85 bits per heavy atom. The van der Waals surface area contributed by atoms with Gasteiger partial charge in [-0.05, 0) is 42.5 Å². The number of hydrogen-bond acceptors (Lipinski definition) is 2. The molecule has 1 saturated carbocycles. The first kappa shape index (κ1) is 13.3. The van der Waals surface area contributed by atoms with Crippen molar-refractivity contribution in [1.29, 1.82) is 0 Å². The molecule has 1 aromatic carbocycles. The third-order valence-corrected chi connectivity index (χ3v) is 4.54. The number of benzene rings is 1. The molecule has 0 amide bonds. The maximum absolute atomic E-state index is 13.2. The maximum atomic E-state index is 13.2. The average Bonchev–Trinajstić information content (AvgIpc) is 2.80. The van der Waals surface area contributed by atoms with Crippen LogP contribution in [0.2, 0.25) is 0 Å². The van der Waals surface area contributed by atoms with Crippen molar-refractivity contribution in [3.8, 4) is 0 Å². The number of halogens is 1. The van der Waals surface area contributed by atoms with Crippen LogP contribution in [0.1, 0.15) is 50.1 Å². The standard InChI is InChI=1S/C17H19FO2/c1-17(2)8-4-3-5-13(17)16(19)15-10-11-9-12(18)6-7-14(11)20-15/h6-7,9-10,13H,3-5,8H2,1-2H3. The summed E-state index contributed by atoms with van der Waals surface area (Å²) in [5.41, 5.74) is 0.586. The van der Waals surface area contributed by atoms with Gasteiger partial charge in [0.2, 0.25) is 5.78 Å². The molecule has 3 heteroatoms. The van der Waals surface area contributed by atoms with Crippen LogP contribution in [0.4, 0.5) is 4.39 Å². The molecule has 1 aliphatic rings. The number of carbonyl (C=O) groups is 1. The Bertz CT molecular complexity index is 654. The maximum Gasteiger partial charge on any atom is 0.201 e. The van der Waals surface area contributed by atoms with Crippen molar-refractivity contribution in [3.63, 3.8) is 0 Å². The number of furan rings is 1. The predicted molar refractivity (Wildman–Crippen MR) is 76.2 cm³/mol. The quantitative estimate of drug-likeness (QED) is 0.724. The van der Waals surface area contributed by atoms with E-state index in [-0.39, 0.29) is 22.9 Å². The fourth-order valence-corrected chi connectivity index (χ4v) is 3.29. The van der Waals surface area contributed by atoms with Crippen LogP contribution in [0.5, 0.6) is 0 Å². The second-order valence-corrected chi connectivity index (χ2v) is 6.44. The van der Waals surface area contributed by atoms with Crippen LogP contribution >= 0.6 is 0 Å². The molecule has 2 nitrogen and oxygen atoms in total. The minimum absolute atomic E-state index is 0.00154. The van der Waals surface area contributed by atoms with E-state index in [2.05, 4.69) is 13.8 Å². The molecule has 0 spiro atoms. The van der Waals surface area contributed by atoms with E-state index in [9.17, 15) is 9.18 Å². The summed E-state index contributed by atoms with van der Waals surface area (Å²) < 4.78 is 18.8. The molecule has 0 N–H and O–H groups in total. The van der Waals surface area contributed by atoms with E-state index < -0.39 is 0 Å². The SMILES string of the molecule is CC1(C)CCCCC1C(=O)c1cc2cc(F)ccc2o1. The summed E-state index contributed by atoms with van der Waals surface area (Å²) in [6.07, 6.45) is 4.26. The van der Waals surface area contributed by atoms with Crippen molar-refractivity contribution in [2.24, 2.45) is 11.3 Å². The molecule has 106 valence electrons. The summed E-state index contributed by atoms with van der Waals surface area (Å²) in [4.78, 5) is 12.7. The molecule has 0 saturated heterocycles. The second kappa shape index (κ2) is 4.72. The lowest BCUT2D eigenvalue weighted by molar-refractivity contribution is 0.0670. The summed E-state index contributed by atoms with van der Waals surface area (Å²) in [6.45, 7) is 4.30. The van der Waals surface area contributed by atoms with Crippen molar-refractivity contribution < 1.29 is 13.6 Å².